The van der Waals surface area contributed by atoms with Gasteiger partial charge in [-0.1, -0.05) is 17.2 Å². The lowest BCUT2D eigenvalue weighted by molar-refractivity contribution is 0.0993. The van der Waals surface area contributed by atoms with E-state index in [1.807, 2.05) is 26.0 Å². The molecule has 16 heavy (non-hydrogen) atoms. The highest BCUT2D eigenvalue weighted by Crippen LogP contribution is 2.14. The number of nitrogens with zero attached hydrogens (tertiary/aromatic N) is 1. The first-order valence-corrected chi connectivity index (χ1v) is 6.02. The van der Waals surface area contributed by atoms with E-state index in [0.717, 1.165) is 21.6 Å². The summed E-state index contributed by atoms with van der Waals surface area (Å²) < 4.78 is 0. The number of aryl methyl sites for hydroxylation is 2. The fourth-order valence-corrected chi connectivity index (χ4v) is 2.32. The van der Waals surface area contributed by atoms with Crippen LogP contribution in [0.25, 0.3) is 0 Å². The molecule has 0 unspecified atom stereocenters. The van der Waals surface area contributed by atoms with Crippen LogP contribution in [0.3, 0.4) is 0 Å². The van der Waals surface area contributed by atoms with Gasteiger partial charge in [0.25, 0.3) is 0 Å². The van der Waals surface area contributed by atoms with Gasteiger partial charge in [-0.3, -0.25) is 9.78 Å². The molecule has 2 aromatic rings. The quantitative estimate of drug-likeness (QED) is 0.759. The number of ketones is 1. The van der Waals surface area contributed by atoms with E-state index in [4.69, 9.17) is 0 Å². The average Bonchev–Trinajstić information content (AvgIpc) is 2.68. The minimum absolute atomic E-state index is 0.163. The molecule has 0 aliphatic carbocycles. The Morgan fingerprint density at radius 3 is 2.50 bits per heavy atom. The monoisotopic (exact) mass is 231 g/mol. The molecule has 0 aliphatic rings. The first kappa shape index (κ1) is 11.0. The maximum atomic E-state index is 12.0. The number of benzene rings is 1. The van der Waals surface area contributed by atoms with E-state index in [1.54, 1.807) is 11.7 Å². The van der Waals surface area contributed by atoms with Crippen LogP contribution in [0.2, 0.25) is 0 Å². The van der Waals surface area contributed by atoms with Gasteiger partial charge in [-0.15, -0.1) is 11.3 Å². The van der Waals surface area contributed by atoms with Gasteiger partial charge >= 0.3 is 0 Å². The number of hydrogen-bond acceptors (Lipinski definition) is 3. The lowest BCUT2D eigenvalue weighted by Crippen LogP contribution is -2.03. The zero-order chi connectivity index (χ0) is 11.5. The Bertz CT molecular complexity index is 482. The molecule has 2 rings (SSSR count). The second-order valence-electron chi connectivity index (χ2n) is 3.94. The first-order valence-electron chi connectivity index (χ1n) is 5.14. The van der Waals surface area contributed by atoms with Gasteiger partial charge in [0.05, 0.1) is 5.51 Å². The predicted molar refractivity (Wildman–Crippen MR) is 66.1 cm³/mol. The largest absolute Gasteiger partial charge is 0.294 e. The molecule has 0 bridgehead atoms. The summed E-state index contributed by atoms with van der Waals surface area (Å²) in [7, 11) is 0. The molecule has 0 saturated carbocycles. The topological polar surface area (TPSA) is 30.0 Å². The molecule has 82 valence electrons. The van der Waals surface area contributed by atoms with E-state index >= 15 is 0 Å². The van der Waals surface area contributed by atoms with E-state index in [2.05, 4.69) is 11.1 Å². The normalized spacial score (nSPS) is 10.4. The zero-order valence-electron chi connectivity index (χ0n) is 9.36. The highest BCUT2D eigenvalue weighted by molar-refractivity contribution is 7.09. The van der Waals surface area contributed by atoms with Gasteiger partial charge in [0.15, 0.2) is 5.78 Å². The van der Waals surface area contributed by atoms with E-state index in [-0.39, 0.29) is 5.78 Å². The van der Waals surface area contributed by atoms with Crippen molar-refractivity contribution in [3.63, 3.8) is 0 Å². The van der Waals surface area contributed by atoms with E-state index in [9.17, 15) is 4.79 Å². The molecule has 2 nitrogen and oxygen atoms in total. The second-order valence-corrected chi connectivity index (χ2v) is 4.91. The van der Waals surface area contributed by atoms with Gasteiger partial charge in [0, 0.05) is 23.1 Å². The van der Waals surface area contributed by atoms with Crippen LogP contribution in [0.15, 0.2) is 29.9 Å². The van der Waals surface area contributed by atoms with Gasteiger partial charge < -0.3 is 0 Å². The molecule has 0 amide bonds. The Morgan fingerprint density at radius 1 is 1.25 bits per heavy atom. The van der Waals surface area contributed by atoms with Crippen molar-refractivity contribution in [2.24, 2.45) is 0 Å². The Morgan fingerprint density at radius 2 is 1.94 bits per heavy atom. The molecule has 0 aliphatic heterocycles. The summed E-state index contributed by atoms with van der Waals surface area (Å²) >= 11 is 1.52. The van der Waals surface area contributed by atoms with Crippen molar-refractivity contribution in [1.29, 1.82) is 0 Å². The predicted octanol–water partition coefficient (Wildman–Crippen LogP) is 3.19. The summed E-state index contributed by atoms with van der Waals surface area (Å²) in [5, 5.41) is 0. The number of carbonyl (C=O) groups excluding carboxylic acids is 1. The number of Topliss-reactive ketones (excluding diaryl/α,β-unsaturated/α-hetero) is 1. The van der Waals surface area contributed by atoms with E-state index < -0.39 is 0 Å². The smallest absolute Gasteiger partial charge is 0.168 e. The van der Waals surface area contributed by atoms with Crippen LogP contribution in [0.1, 0.15) is 26.4 Å². The number of rotatable bonds is 3. The lowest BCUT2D eigenvalue weighted by atomic mass is 10.0. The van der Waals surface area contributed by atoms with Gasteiger partial charge in [0.2, 0.25) is 0 Å². The van der Waals surface area contributed by atoms with Crippen molar-refractivity contribution in [2.75, 3.05) is 0 Å². The summed E-state index contributed by atoms with van der Waals surface area (Å²) in [6, 6.07) is 5.95. The van der Waals surface area contributed by atoms with Gasteiger partial charge in [-0.2, -0.15) is 0 Å². The fraction of sp³-hybridized carbons (Fsp3) is 0.231. The third kappa shape index (κ3) is 2.55. The number of carbonyl (C=O) groups is 1. The SMILES string of the molecule is Cc1cc(C)cc(C(=O)Cc2cncs2)c1. The van der Waals surface area contributed by atoms with E-state index in [1.165, 1.54) is 11.3 Å². The van der Waals surface area contributed by atoms with Crippen LogP contribution in [-0.4, -0.2) is 10.8 Å². The van der Waals surface area contributed by atoms with Crippen molar-refractivity contribution < 1.29 is 4.79 Å². The molecular formula is C13H13NOS. The Balaban J connectivity index is 2.21. The summed E-state index contributed by atoms with van der Waals surface area (Å²) in [4.78, 5) is 17.0. The molecule has 0 radical (unpaired) electrons. The standard InChI is InChI=1S/C13H13NOS/c1-9-3-10(2)5-11(4-9)13(15)6-12-7-14-8-16-12/h3-5,7-8H,6H2,1-2H3. The Labute approximate surface area is 99.0 Å². The van der Waals surface area contributed by atoms with Crippen LogP contribution in [0.4, 0.5) is 0 Å². The van der Waals surface area contributed by atoms with Crippen LogP contribution in [0, 0.1) is 13.8 Å². The summed E-state index contributed by atoms with van der Waals surface area (Å²) in [6.07, 6.45) is 2.21. The maximum absolute atomic E-state index is 12.0. The van der Waals surface area contributed by atoms with Crippen molar-refractivity contribution in [3.05, 3.63) is 51.5 Å². The Hall–Kier alpha value is -1.48. The van der Waals surface area contributed by atoms with Crippen LogP contribution >= 0.6 is 11.3 Å². The minimum atomic E-state index is 0.163. The molecule has 0 atom stereocenters. The zero-order valence-corrected chi connectivity index (χ0v) is 10.2. The Kier molecular flexibility index (Phi) is 3.15. The molecule has 1 aromatic carbocycles. The maximum Gasteiger partial charge on any atom is 0.168 e. The average molecular weight is 231 g/mol. The summed E-state index contributed by atoms with van der Waals surface area (Å²) in [5.41, 5.74) is 4.82. The van der Waals surface area contributed by atoms with Gasteiger partial charge in [-0.25, -0.2) is 0 Å². The van der Waals surface area contributed by atoms with Crippen molar-refractivity contribution in [3.8, 4) is 0 Å². The minimum Gasteiger partial charge on any atom is -0.294 e. The third-order valence-corrected chi connectivity index (χ3v) is 3.14. The lowest BCUT2D eigenvalue weighted by Gasteiger charge is -2.03. The molecule has 1 heterocycles. The number of hydrogen-bond donors (Lipinski definition) is 0. The first-order chi connectivity index (χ1) is 7.65. The summed E-state index contributed by atoms with van der Waals surface area (Å²) in [5.74, 6) is 0.163. The number of thiazole rings is 1. The molecular weight excluding hydrogens is 218 g/mol. The second kappa shape index (κ2) is 4.58. The van der Waals surface area contributed by atoms with Crippen LogP contribution < -0.4 is 0 Å². The molecule has 0 N–H and O–H groups in total. The van der Waals surface area contributed by atoms with Crippen LogP contribution in [-0.2, 0) is 6.42 Å². The van der Waals surface area contributed by atoms with E-state index in [0.29, 0.717) is 6.42 Å². The highest BCUT2D eigenvalue weighted by atomic mass is 32.1. The number of aromatic nitrogens is 1. The highest BCUT2D eigenvalue weighted by Gasteiger charge is 2.08. The van der Waals surface area contributed by atoms with Gasteiger partial charge in [0.1, 0.15) is 0 Å². The third-order valence-electron chi connectivity index (χ3n) is 2.36. The molecule has 1 aromatic heterocycles. The van der Waals surface area contributed by atoms with Crippen molar-refractivity contribution >= 4 is 17.1 Å². The molecule has 0 saturated heterocycles. The van der Waals surface area contributed by atoms with Crippen molar-refractivity contribution in [1.82, 2.24) is 4.98 Å². The van der Waals surface area contributed by atoms with Crippen LogP contribution in [0.5, 0.6) is 0 Å². The fourth-order valence-electron chi connectivity index (χ4n) is 1.73. The molecule has 3 heteroatoms. The molecule has 0 fully saturated rings. The summed E-state index contributed by atoms with van der Waals surface area (Å²) in [6.45, 7) is 4.02. The van der Waals surface area contributed by atoms with Crippen molar-refractivity contribution in [2.45, 2.75) is 20.3 Å². The van der Waals surface area contributed by atoms with Gasteiger partial charge in [-0.05, 0) is 26.0 Å². The molecule has 0 spiro atoms.